The number of nitrogens with one attached hydrogen (secondary N) is 2. The zero-order chi connectivity index (χ0) is 21.6. The van der Waals surface area contributed by atoms with Gasteiger partial charge in [-0.15, -0.1) is 0 Å². The minimum Gasteiger partial charge on any atom is -0.444 e. The quantitative estimate of drug-likeness (QED) is 0.549. The Bertz CT molecular complexity index is 944. The van der Waals surface area contributed by atoms with Gasteiger partial charge in [-0.3, -0.25) is 9.88 Å². The molecule has 0 aliphatic carbocycles. The number of aryl methyl sites for hydroxylation is 1. The van der Waals surface area contributed by atoms with E-state index in [4.69, 9.17) is 4.74 Å². The van der Waals surface area contributed by atoms with Crippen LogP contribution in [0, 0.1) is 0 Å². The summed E-state index contributed by atoms with van der Waals surface area (Å²) >= 11 is 0. The number of pyridine rings is 1. The van der Waals surface area contributed by atoms with Crippen molar-refractivity contribution in [2.75, 3.05) is 13.6 Å². The number of rotatable bonds is 8. The maximum absolute atomic E-state index is 11.8. The topological polar surface area (TPSA) is 83.1 Å². The molecule has 3 rings (SSSR count). The van der Waals surface area contributed by atoms with E-state index in [0.717, 1.165) is 41.9 Å². The third kappa shape index (κ3) is 6.56. The number of fused-ring (bicyclic) bond motifs is 1. The Morgan fingerprint density at radius 1 is 1.17 bits per heavy atom. The first-order valence-electron chi connectivity index (χ1n) is 10.3. The summed E-state index contributed by atoms with van der Waals surface area (Å²) in [5.41, 5.74) is 3.80. The van der Waals surface area contributed by atoms with Gasteiger partial charge in [0.25, 0.3) is 0 Å². The van der Waals surface area contributed by atoms with Gasteiger partial charge in [-0.2, -0.15) is 0 Å². The van der Waals surface area contributed by atoms with Crippen molar-refractivity contribution in [2.45, 2.75) is 52.3 Å². The molecule has 0 spiro atoms. The van der Waals surface area contributed by atoms with Gasteiger partial charge in [0, 0.05) is 19.3 Å². The van der Waals surface area contributed by atoms with Gasteiger partial charge in [-0.25, -0.2) is 9.78 Å². The Kier molecular flexibility index (Phi) is 7.05. The molecule has 0 radical (unpaired) electrons. The minimum atomic E-state index is -0.481. The minimum absolute atomic E-state index is 0.375. The molecular formula is C23H31N5O2. The number of hydrogen-bond acceptors (Lipinski definition) is 5. The fraction of sp³-hybridized carbons (Fsp3) is 0.435. The highest BCUT2D eigenvalue weighted by Crippen LogP contribution is 2.14. The van der Waals surface area contributed by atoms with E-state index in [1.165, 1.54) is 5.56 Å². The SMILES string of the molecule is CN(Cc1nc2ccccc2[nH]1)Cc1ncccc1CCCNC(=O)OC(C)(C)C. The van der Waals surface area contributed by atoms with Gasteiger partial charge in [-0.05, 0) is 64.4 Å². The first kappa shape index (κ1) is 21.8. The average molecular weight is 410 g/mol. The molecule has 3 aromatic rings. The van der Waals surface area contributed by atoms with Crippen LogP contribution in [0.15, 0.2) is 42.6 Å². The first-order valence-corrected chi connectivity index (χ1v) is 10.3. The van der Waals surface area contributed by atoms with Crippen LogP contribution in [0.2, 0.25) is 0 Å². The van der Waals surface area contributed by atoms with E-state index in [0.29, 0.717) is 13.1 Å². The average Bonchev–Trinajstić information content (AvgIpc) is 3.07. The maximum atomic E-state index is 11.8. The van der Waals surface area contributed by atoms with Crippen LogP contribution in [0.1, 0.15) is 44.3 Å². The maximum Gasteiger partial charge on any atom is 0.407 e. The number of ether oxygens (including phenoxy) is 1. The van der Waals surface area contributed by atoms with Gasteiger partial charge >= 0.3 is 6.09 Å². The van der Waals surface area contributed by atoms with Crippen molar-refractivity contribution in [1.29, 1.82) is 0 Å². The Morgan fingerprint density at radius 3 is 2.73 bits per heavy atom. The molecule has 1 aromatic carbocycles. The van der Waals surface area contributed by atoms with Crippen molar-refractivity contribution in [3.63, 3.8) is 0 Å². The Hall–Kier alpha value is -2.93. The zero-order valence-corrected chi connectivity index (χ0v) is 18.2. The number of aromatic nitrogens is 3. The molecule has 2 aromatic heterocycles. The highest BCUT2D eigenvalue weighted by atomic mass is 16.6. The zero-order valence-electron chi connectivity index (χ0n) is 18.2. The van der Waals surface area contributed by atoms with E-state index < -0.39 is 5.60 Å². The Labute approximate surface area is 177 Å². The van der Waals surface area contributed by atoms with Crippen LogP contribution in [-0.4, -0.2) is 45.1 Å². The fourth-order valence-electron chi connectivity index (χ4n) is 3.27. The molecule has 7 heteroatoms. The second kappa shape index (κ2) is 9.71. The first-order chi connectivity index (χ1) is 14.3. The van der Waals surface area contributed by atoms with Gasteiger partial charge < -0.3 is 15.0 Å². The number of nitrogens with zero attached hydrogens (tertiary/aromatic N) is 3. The molecule has 0 aliphatic rings. The number of aromatic amines is 1. The summed E-state index contributed by atoms with van der Waals surface area (Å²) in [7, 11) is 2.07. The second-order valence-electron chi connectivity index (χ2n) is 8.51. The van der Waals surface area contributed by atoms with Gasteiger partial charge in [0.1, 0.15) is 11.4 Å². The summed E-state index contributed by atoms with van der Waals surface area (Å²) in [6.07, 6.45) is 3.12. The van der Waals surface area contributed by atoms with Crippen LogP contribution in [0.25, 0.3) is 11.0 Å². The number of amides is 1. The van der Waals surface area contributed by atoms with E-state index in [-0.39, 0.29) is 6.09 Å². The third-order valence-electron chi connectivity index (χ3n) is 4.55. The summed E-state index contributed by atoms with van der Waals surface area (Å²) in [5.74, 6) is 0.942. The lowest BCUT2D eigenvalue weighted by atomic mass is 10.1. The molecule has 0 saturated heterocycles. The monoisotopic (exact) mass is 409 g/mol. The summed E-state index contributed by atoms with van der Waals surface area (Å²) in [6.45, 7) is 7.58. The smallest absolute Gasteiger partial charge is 0.407 e. The van der Waals surface area contributed by atoms with Gasteiger partial charge in [0.15, 0.2) is 0 Å². The number of benzene rings is 1. The van der Waals surface area contributed by atoms with Crippen molar-refractivity contribution in [1.82, 2.24) is 25.2 Å². The van der Waals surface area contributed by atoms with E-state index in [1.54, 1.807) is 0 Å². The number of alkyl carbamates (subject to hydrolysis) is 1. The molecule has 160 valence electrons. The number of H-pyrrole nitrogens is 1. The largest absolute Gasteiger partial charge is 0.444 e. The molecule has 0 aliphatic heterocycles. The lowest BCUT2D eigenvalue weighted by Crippen LogP contribution is -2.33. The third-order valence-corrected chi connectivity index (χ3v) is 4.55. The molecule has 0 unspecified atom stereocenters. The van der Waals surface area contributed by atoms with Crippen LogP contribution in [0.5, 0.6) is 0 Å². The van der Waals surface area contributed by atoms with Gasteiger partial charge in [-0.1, -0.05) is 18.2 Å². The van der Waals surface area contributed by atoms with Crippen molar-refractivity contribution in [3.05, 3.63) is 59.7 Å². The molecule has 7 nitrogen and oxygen atoms in total. The molecule has 0 fully saturated rings. The molecule has 1 amide bonds. The summed E-state index contributed by atoms with van der Waals surface area (Å²) in [6, 6.07) is 12.1. The number of hydrogen-bond donors (Lipinski definition) is 2. The summed E-state index contributed by atoms with van der Waals surface area (Å²) in [4.78, 5) is 26.6. The normalized spacial score (nSPS) is 11.8. The second-order valence-corrected chi connectivity index (χ2v) is 8.51. The summed E-state index contributed by atoms with van der Waals surface area (Å²) < 4.78 is 5.27. The van der Waals surface area contributed by atoms with E-state index in [9.17, 15) is 4.79 Å². The van der Waals surface area contributed by atoms with Gasteiger partial charge in [0.05, 0.1) is 23.3 Å². The lowest BCUT2D eigenvalue weighted by molar-refractivity contribution is 0.0527. The standard InChI is InChI=1S/C23H31N5O2/c1-23(2,3)30-22(29)25-14-8-10-17-9-7-13-24-20(17)15-28(4)16-21-26-18-11-5-6-12-19(18)27-21/h5-7,9,11-13H,8,10,14-16H2,1-4H3,(H,25,29)(H,26,27). The van der Waals surface area contributed by atoms with Crippen LogP contribution < -0.4 is 5.32 Å². The van der Waals surface area contributed by atoms with Crippen LogP contribution >= 0.6 is 0 Å². The molecular weight excluding hydrogens is 378 g/mol. The van der Waals surface area contributed by atoms with Crippen LogP contribution in [0.3, 0.4) is 0 Å². The van der Waals surface area contributed by atoms with Crippen molar-refractivity contribution in [2.24, 2.45) is 0 Å². The van der Waals surface area contributed by atoms with Crippen molar-refractivity contribution >= 4 is 17.1 Å². The fourth-order valence-corrected chi connectivity index (χ4v) is 3.27. The lowest BCUT2D eigenvalue weighted by Gasteiger charge is -2.20. The van der Waals surface area contributed by atoms with Crippen molar-refractivity contribution in [3.8, 4) is 0 Å². The highest BCUT2D eigenvalue weighted by molar-refractivity contribution is 5.74. The number of para-hydroxylation sites is 2. The molecule has 0 atom stereocenters. The molecule has 2 N–H and O–H groups in total. The van der Waals surface area contributed by atoms with Crippen LogP contribution in [-0.2, 0) is 24.2 Å². The Balaban J connectivity index is 1.51. The van der Waals surface area contributed by atoms with E-state index in [1.807, 2.05) is 57.3 Å². The van der Waals surface area contributed by atoms with Gasteiger partial charge in [0.2, 0.25) is 0 Å². The van der Waals surface area contributed by atoms with E-state index in [2.05, 4.69) is 38.3 Å². The number of imidazole rings is 1. The predicted octanol–water partition coefficient (Wildman–Crippen LogP) is 4.05. The Morgan fingerprint density at radius 2 is 1.97 bits per heavy atom. The molecule has 0 saturated carbocycles. The van der Waals surface area contributed by atoms with Crippen molar-refractivity contribution < 1.29 is 9.53 Å². The molecule has 30 heavy (non-hydrogen) atoms. The highest BCUT2D eigenvalue weighted by Gasteiger charge is 2.15. The number of carbonyl (C=O) groups is 1. The molecule has 0 bridgehead atoms. The molecule has 2 heterocycles. The number of carbonyl (C=O) groups excluding carboxylic acids is 1. The van der Waals surface area contributed by atoms with Crippen LogP contribution in [0.4, 0.5) is 4.79 Å². The predicted molar refractivity (Wildman–Crippen MR) is 118 cm³/mol. The summed E-state index contributed by atoms with van der Waals surface area (Å²) in [5, 5.41) is 2.81. The van der Waals surface area contributed by atoms with E-state index >= 15 is 0 Å².